The maximum Gasteiger partial charge on any atom is 0.251 e. The Labute approximate surface area is 190 Å². The van der Waals surface area contributed by atoms with Crippen molar-refractivity contribution >= 4 is 35.8 Å². The highest BCUT2D eigenvalue weighted by Gasteiger charge is 2.30. The third-order valence-electron chi connectivity index (χ3n) is 4.96. The lowest BCUT2D eigenvalue weighted by Gasteiger charge is -2.37. The lowest BCUT2D eigenvalue weighted by molar-refractivity contribution is -0.142. The molecule has 0 saturated carbocycles. The van der Waals surface area contributed by atoms with E-state index in [-0.39, 0.29) is 36.0 Å². The number of furan rings is 1. The van der Waals surface area contributed by atoms with E-state index in [0.29, 0.717) is 26.4 Å². The highest BCUT2D eigenvalue weighted by Crippen LogP contribution is 2.16. The van der Waals surface area contributed by atoms with Crippen molar-refractivity contribution in [2.45, 2.75) is 38.9 Å². The van der Waals surface area contributed by atoms with Gasteiger partial charge in [-0.25, -0.2) is 0 Å². The number of carbonyl (C=O) groups is 1. The molecular formula is C20H33IN4O4. The van der Waals surface area contributed by atoms with Crippen molar-refractivity contribution < 1.29 is 18.7 Å². The summed E-state index contributed by atoms with van der Waals surface area (Å²) in [7, 11) is 0. The monoisotopic (exact) mass is 520 g/mol. The van der Waals surface area contributed by atoms with Gasteiger partial charge in [-0.1, -0.05) is 0 Å². The topological polar surface area (TPSA) is 79.5 Å². The summed E-state index contributed by atoms with van der Waals surface area (Å²) >= 11 is 0. The summed E-state index contributed by atoms with van der Waals surface area (Å²) < 4.78 is 16.4. The van der Waals surface area contributed by atoms with Gasteiger partial charge in [0.2, 0.25) is 0 Å². The third kappa shape index (κ3) is 7.45. The van der Waals surface area contributed by atoms with Crippen LogP contribution in [0.25, 0.3) is 0 Å². The number of carbonyl (C=O) groups excluding carboxylic acids is 1. The van der Waals surface area contributed by atoms with Crippen molar-refractivity contribution in [2.24, 2.45) is 4.99 Å². The second-order valence-corrected chi connectivity index (χ2v) is 7.04. The van der Waals surface area contributed by atoms with Gasteiger partial charge in [0.05, 0.1) is 6.26 Å². The Morgan fingerprint density at radius 3 is 2.76 bits per heavy atom. The van der Waals surface area contributed by atoms with Crippen LogP contribution >= 0.6 is 24.0 Å². The lowest BCUT2D eigenvalue weighted by atomic mass is 10.2. The molecule has 8 nitrogen and oxygen atoms in total. The van der Waals surface area contributed by atoms with Crippen LogP contribution in [0.5, 0.6) is 0 Å². The molecule has 1 unspecified atom stereocenters. The second kappa shape index (κ2) is 13.1. The van der Waals surface area contributed by atoms with E-state index in [9.17, 15) is 4.79 Å². The first-order chi connectivity index (χ1) is 13.8. The molecule has 0 aliphatic carbocycles. The van der Waals surface area contributed by atoms with Gasteiger partial charge in [0.25, 0.3) is 5.91 Å². The molecule has 1 N–H and O–H groups in total. The first kappa shape index (κ1) is 23.9. The van der Waals surface area contributed by atoms with Crippen LogP contribution in [0, 0.1) is 0 Å². The first-order valence-corrected chi connectivity index (χ1v) is 10.3. The molecule has 2 aliphatic heterocycles. The van der Waals surface area contributed by atoms with Crippen molar-refractivity contribution in [1.29, 1.82) is 0 Å². The van der Waals surface area contributed by atoms with E-state index >= 15 is 0 Å². The van der Waals surface area contributed by atoms with Gasteiger partial charge in [0.1, 0.15) is 18.5 Å². The number of aliphatic imine (C=N–C) groups is 1. The van der Waals surface area contributed by atoms with Crippen molar-refractivity contribution in [2.75, 3.05) is 52.5 Å². The summed E-state index contributed by atoms with van der Waals surface area (Å²) in [6.07, 6.45) is 4.12. The van der Waals surface area contributed by atoms with Gasteiger partial charge in [-0.3, -0.25) is 9.79 Å². The maximum atomic E-state index is 12.5. The number of nitrogens with one attached hydrogen (secondary N) is 1. The fraction of sp³-hybridized carbons (Fsp3) is 0.700. The molecule has 2 fully saturated rings. The molecule has 164 valence electrons. The first-order valence-electron chi connectivity index (χ1n) is 10.3. The van der Waals surface area contributed by atoms with Gasteiger partial charge in [-0.2, -0.15) is 0 Å². The number of amides is 1. The zero-order valence-corrected chi connectivity index (χ0v) is 19.5. The largest absolute Gasteiger partial charge is 0.467 e. The quantitative estimate of drug-likeness (QED) is 0.245. The Balaban J connectivity index is 0.00000300. The molecule has 1 aromatic rings. The average molecular weight is 520 g/mol. The van der Waals surface area contributed by atoms with Crippen LogP contribution in [0.2, 0.25) is 0 Å². The number of ether oxygens (including phenoxy) is 2. The number of hydrogen-bond donors (Lipinski definition) is 1. The SMILES string of the molecule is CCNC(=NCCCOCc1ccco1)N1CCN(C(=O)C2CCCO2)CC1.I. The van der Waals surface area contributed by atoms with Crippen molar-refractivity contribution in [3.05, 3.63) is 24.2 Å². The summed E-state index contributed by atoms with van der Waals surface area (Å²) in [4.78, 5) is 21.4. The van der Waals surface area contributed by atoms with Gasteiger partial charge >= 0.3 is 0 Å². The summed E-state index contributed by atoms with van der Waals surface area (Å²) in [5.74, 6) is 1.90. The molecule has 1 aromatic heterocycles. The van der Waals surface area contributed by atoms with Crippen LogP contribution in [0.3, 0.4) is 0 Å². The van der Waals surface area contributed by atoms with Crippen LogP contribution in [-0.2, 0) is 20.9 Å². The maximum absolute atomic E-state index is 12.5. The standard InChI is InChI=1S/C20H32N4O4.HI/c1-2-21-20(22-8-5-13-26-16-17-6-3-14-27-17)24-11-9-23(10-12-24)19(25)18-7-4-15-28-18;/h3,6,14,18H,2,4-5,7-13,15-16H2,1H3,(H,21,22);1H. The number of nitrogens with zero attached hydrogens (tertiary/aromatic N) is 3. The molecule has 0 spiro atoms. The van der Waals surface area contributed by atoms with E-state index in [2.05, 4.69) is 17.1 Å². The van der Waals surface area contributed by atoms with Gasteiger partial charge in [-0.05, 0) is 38.3 Å². The van der Waals surface area contributed by atoms with Gasteiger partial charge < -0.3 is 29.0 Å². The Morgan fingerprint density at radius 1 is 1.31 bits per heavy atom. The Bertz CT molecular complexity index is 612. The number of piperazine rings is 1. The predicted octanol–water partition coefficient (Wildman–Crippen LogP) is 2.09. The Hall–Kier alpha value is -1.33. The van der Waals surface area contributed by atoms with Crippen molar-refractivity contribution in [3.63, 3.8) is 0 Å². The van der Waals surface area contributed by atoms with Crippen molar-refractivity contribution in [3.8, 4) is 0 Å². The van der Waals surface area contributed by atoms with E-state index in [1.807, 2.05) is 17.0 Å². The van der Waals surface area contributed by atoms with Crippen LogP contribution < -0.4 is 5.32 Å². The third-order valence-corrected chi connectivity index (χ3v) is 4.96. The molecule has 9 heteroatoms. The molecule has 0 aromatic carbocycles. The highest BCUT2D eigenvalue weighted by atomic mass is 127. The normalized spacial score (nSPS) is 19.9. The van der Waals surface area contributed by atoms with E-state index < -0.39 is 0 Å². The zero-order valence-electron chi connectivity index (χ0n) is 17.2. The van der Waals surface area contributed by atoms with Gasteiger partial charge in [-0.15, -0.1) is 24.0 Å². The van der Waals surface area contributed by atoms with Crippen LogP contribution in [0.15, 0.2) is 27.8 Å². The van der Waals surface area contributed by atoms with E-state index in [1.54, 1.807) is 6.26 Å². The fourth-order valence-corrected chi connectivity index (χ4v) is 3.46. The predicted molar refractivity (Wildman–Crippen MR) is 122 cm³/mol. The summed E-state index contributed by atoms with van der Waals surface area (Å²) in [5, 5.41) is 3.36. The second-order valence-electron chi connectivity index (χ2n) is 7.04. The number of halogens is 1. The van der Waals surface area contributed by atoms with E-state index in [0.717, 1.165) is 63.7 Å². The summed E-state index contributed by atoms with van der Waals surface area (Å²) in [6.45, 7) is 8.46. The molecule has 3 heterocycles. The van der Waals surface area contributed by atoms with Gasteiger partial charge in [0.15, 0.2) is 5.96 Å². The number of hydrogen-bond acceptors (Lipinski definition) is 5. The Morgan fingerprint density at radius 2 is 2.10 bits per heavy atom. The molecule has 0 radical (unpaired) electrons. The smallest absolute Gasteiger partial charge is 0.251 e. The lowest BCUT2D eigenvalue weighted by Crippen LogP contribution is -2.55. The van der Waals surface area contributed by atoms with Crippen LogP contribution in [0.1, 0.15) is 31.9 Å². The number of guanidine groups is 1. The molecule has 2 saturated heterocycles. The minimum Gasteiger partial charge on any atom is -0.467 e. The molecule has 2 aliphatic rings. The van der Waals surface area contributed by atoms with Crippen LogP contribution in [0.4, 0.5) is 0 Å². The minimum absolute atomic E-state index is 0. The highest BCUT2D eigenvalue weighted by molar-refractivity contribution is 14.0. The molecule has 29 heavy (non-hydrogen) atoms. The van der Waals surface area contributed by atoms with Crippen molar-refractivity contribution in [1.82, 2.24) is 15.1 Å². The number of rotatable bonds is 8. The molecule has 1 atom stereocenters. The summed E-state index contributed by atoms with van der Waals surface area (Å²) in [6, 6.07) is 3.77. The van der Waals surface area contributed by atoms with Gasteiger partial charge in [0, 0.05) is 52.5 Å². The molecule has 1 amide bonds. The molecular weight excluding hydrogens is 487 g/mol. The fourth-order valence-electron chi connectivity index (χ4n) is 3.46. The van der Waals surface area contributed by atoms with E-state index in [4.69, 9.17) is 18.9 Å². The average Bonchev–Trinajstić information content (AvgIpc) is 3.43. The zero-order chi connectivity index (χ0) is 19.6. The van der Waals surface area contributed by atoms with Crippen LogP contribution in [-0.4, -0.2) is 80.3 Å². The minimum atomic E-state index is -0.227. The molecule has 3 rings (SSSR count). The van der Waals surface area contributed by atoms with E-state index in [1.165, 1.54) is 0 Å². The molecule has 0 bridgehead atoms. The Kier molecular flexibility index (Phi) is 10.8. The summed E-state index contributed by atoms with van der Waals surface area (Å²) in [5.41, 5.74) is 0.